The summed E-state index contributed by atoms with van der Waals surface area (Å²) in [5.74, 6) is -1.04. The number of nitrogens with one attached hydrogen (secondary N) is 1. The Hall–Kier alpha value is -1.12. The number of ether oxygens (including phenoxy) is 1. The van der Waals surface area contributed by atoms with Crippen LogP contribution in [0, 0.1) is 0 Å². The molecule has 0 aromatic heterocycles. The lowest BCUT2D eigenvalue weighted by Gasteiger charge is -2.16. The lowest BCUT2D eigenvalue weighted by Crippen LogP contribution is -2.40. The second kappa shape index (κ2) is 7.77. The van der Waals surface area contributed by atoms with E-state index in [0.29, 0.717) is 10.9 Å². The maximum atomic E-state index is 12.4. The lowest BCUT2D eigenvalue weighted by molar-refractivity contribution is -0.139. The van der Waals surface area contributed by atoms with E-state index < -0.39 is 22.0 Å². The minimum atomic E-state index is -3.99. The summed E-state index contributed by atoms with van der Waals surface area (Å²) in [7, 11) is -2.63. The minimum absolute atomic E-state index is 0.0953. The normalized spacial score (nSPS) is 12.9. The summed E-state index contributed by atoms with van der Waals surface area (Å²) in [5, 5.41) is 9.12. The molecule has 118 valence electrons. The number of hydrogen-bond acceptors (Lipinski definition) is 4. The molecule has 0 aliphatic heterocycles. The predicted molar refractivity (Wildman–Crippen MR) is 82.0 cm³/mol. The number of sulfonamides is 1. The van der Waals surface area contributed by atoms with Gasteiger partial charge in [-0.2, -0.15) is 4.72 Å². The average Bonchev–Trinajstić information content (AvgIpc) is 2.43. The van der Waals surface area contributed by atoms with Gasteiger partial charge in [0.05, 0.1) is 7.11 Å². The molecular formula is C13H18BrNO5S. The van der Waals surface area contributed by atoms with Gasteiger partial charge in [-0.1, -0.05) is 35.7 Å². The van der Waals surface area contributed by atoms with Crippen molar-refractivity contribution in [1.29, 1.82) is 0 Å². The SMILES string of the molecule is CCCC[C@H](NS(=O)(=O)c1cc(Br)ccc1OC)C(=O)O. The van der Waals surface area contributed by atoms with Crippen molar-refractivity contribution in [3.8, 4) is 5.75 Å². The third kappa shape index (κ3) is 4.98. The van der Waals surface area contributed by atoms with Gasteiger partial charge in [-0.3, -0.25) is 4.79 Å². The highest BCUT2D eigenvalue weighted by Crippen LogP contribution is 2.27. The van der Waals surface area contributed by atoms with E-state index in [1.165, 1.54) is 19.2 Å². The Kier molecular flexibility index (Phi) is 6.63. The first-order valence-corrected chi connectivity index (χ1v) is 8.68. The van der Waals surface area contributed by atoms with Gasteiger partial charge in [0, 0.05) is 4.47 Å². The molecule has 0 amide bonds. The van der Waals surface area contributed by atoms with Crippen molar-refractivity contribution in [2.24, 2.45) is 0 Å². The first kappa shape index (κ1) is 17.9. The van der Waals surface area contributed by atoms with Crippen LogP contribution in [0.1, 0.15) is 26.2 Å². The number of carboxylic acid groups (broad SMARTS) is 1. The highest BCUT2D eigenvalue weighted by molar-refractivity contribution is 9.10. The number of aliphatic carboxylic acids is 1. The van der Waals surface area contributed by atoms with E-state index in [2.05, 4.69) is 20.7 Å². The van der Waals surface area contributed by atoms with Gasteiger partial charge in [-0.15, -0.1) is 0 Å². The zero-order valence-corrected chi connectivity index (χ0v) is 14.2. The van der Waals surface area contributed by atoms with Gasteiger partial charge in [0.2, 0.25) is 10.0 Å². The molecule has 0 saturated carbocycles. The van der Waals surface area contributed by atoms with Crippen LogP contribution in [0.2, 0.25) is 0 Å². The number of unbranched alkanes of at least 4 members (excludes halogenated alkanes) is 1. The molecule has 1 aromatic rings. The van der Waals surface area contributed by atoms with Crippen LogP contribution in [0.15, 0.2) is 27.6 Å². The van der Waals surface area contributed by atoms with Gasteiger partial charge in [0.25, 0.3) is 0 Å². The van der Waals surface area contributed by atoms with E-state index in [9.17, 15) is 13.2 Å². The fourth-order valence-corrected chi connectivity index (χ4v) is 3.68. The number of carboxylic acids is 1. The van der Waals surface area contributed by atoms with Crippen LogP contribution in [-0.2, 0) is 14.8 Å². The Bertz CT molecular complexity index is 603. The number of hydrogen-bond donors (Lipinski definition) is 2. The van der Waals surface area contributed by atoms with Crippen LogP contribution in [-0.4, -0.2) is 32.6 Å². The first-order chi connectivity index (χ1) is 9.81. The highest BCUT2D eigenvalue weighted by atomic mass is 79.9. The van der Waals surface area contributed by atoms with E-state index in [1.54, 1.807) is 6.07 Å². The quantitative estimate of drug-likeness (QED) is 0.723. The summed E-state index contributed by atoms with van der Waals surface area (Å²) in [6.45, 7) is 1.91. The van der Waals surface area contributed by atoms with Crippen molar-refractivity contribution in [1.82, 2.24) is 4.72 Å². The summed E-state index contributed by atoms with van der Waals surface area (Å²) < 4.78 is 32.5. The summed E-state index contributed by atoms with van der Waals surface area (Å²) >= 11 is 3.19. The lowest BCUT2D eigenvalue weighted by atomic mass is 10.1. The van der Waals surface area contributed by atoms with E-state index in [1.807, 2.05) is 6.92 Å². The maximum absolute atomic E-state index is 12.4. The largest absolute Gasteiger partial charge is 0.495 e. The second-order valence-electron chi connectivity index (χ2n) is 4.45. The number of benzene rings is 1. The molecule has 0 radical (unpaired) electrons. The van der Waals surface area contributed by atoms with Gasteiger partial charge in [0.15, 0.2) is 0 Å². The van der Waals surface area contributed by atoms with Crippen molar-refractivity contribution < 1.29 is 23.1 Å². The number of halogens is 1. The predicted octanol–water partition coefficient (Wildman–Crippen LogP) is 2.38. The smallest absolute Gasteiger partial charge is 0.321 e. The molecule has 8 heteroatoms. The van der Waals surface area contributed by atoms with Gasteiger partial charge >= 0.3 is 5.97 Å². The van der Waals surface area contributed by atoms with Crippen molar-refractivity contribution in [3.05, 3.63) is 22.7 Å². The fraction of sp³-hybridized carbons (Fsp3) is 0.462. The first-order valence-electron chi connectivity index (χ1n) is 6.40. The summed E-state index contributed by atoms with van der Waals surface area (Å²) in [6.07, 6.45) is 1.64. The highest BCUT2D eigenvalue weighted by Gasteiger charge is 2.27. The third-order valence-corrected chi connectivity index (χ3v) is 4.84. The Labute approximate surface area is 132 Å². The zero-order chi connectivity index (χ0) is 16.0. The Morgan fingerprint density at radius 1 is 1.48 bits per heavy atom. The molecular weight excluding hydrogens is 362 g/mol. The maximum Gasteiger partial charge on any atom is 0.321 e. The molecule has 0 spiro atoms. The topological polar surface area (TPSA) is 92.7 Å². The van der Waals surface area contributed by atoms with E-state index in [4.69, 9.17) is 9.84 Å². The van der Waals surface area contributed by atoms with Crippen molar-refractivity contribution in [2.75, 3.05) is 7.11 Å². The summed E-state index contributed by atoms with van der Waals surface area (Å²) in [6, 6.07) is 3.36. The van der Waals surface area contributed by atoms with E-state index in [0.717, 1.165) is 6.42 Å². The molecule has 0 bridgehead atoms. The second-order valence-corrected chi connectivity index (χ2v) is 7.05. The fourth-order valence-electron chi connectivity index (χ4n) is 1.75. The molecule has 0 heterocycles. The molecule has 1 rings (SSSR count). The van der Waals surface area contributed by atoms with Crippen LogP contribution in [0.3, 0.4) is 0 Å². The van der Waals surface area contributed by atoms with Crippen LogP contribution in [0.5, 0.6) is 5.75 Å². The molecule has 21 heavy (non-hydrogen) atoms. The van der Waals surface area contributed by atoms with Crippen molar-refractivity contribution in [3.63, 3.8) is 0 Å². The molecule has 0 aliphatic carbocycles. The number of methoxy groups -OCH3 is 1. The molecule has 6 nitrogen and oxygen atoms in total. The zero-order valence-electron chi connectivity index (χ0n) is 11.8. The number of rotatable bonds is 8. The van der Waals surface area contributed by atoms with Gasteiger partial charge < -0.3 is 9.84 Å². The Morgan fingerprint density at radius 2 is 2.14 bits per heavy atom. The van der Waals surface area contributed by atoms with Crippen LogP contribution in [0.25, 0.3) is 0 Å². The van der Waals surface area contributed by atoms with Crippen molar-refractivity contribution in [2.45, 2.75) is 37.1 Å². The summed E-state index contributed by atoms with van der Waals surface area (Å²) in [5.41, 5.74) is 0. The molecule has 0 saturated heterocycles. The van der Waals surface area contributed by atoms with Crippen LogP contribution in [0.4, 0.5) is 0 Å². The average molecular weight is 380 g/mol. The van der Waals surface area contributed by atoms with Gasteiger partial charge in [0.1, 0.15) is 16.7 Å². The molecule has 1 aromatic carbocycles. The molecule has 1 atom stereocenters. The van der Waals surface area contributed by atoms with Gasteiger partial charge in [-0.25, -0.2) is 8.42 Å². The Morgan fingerprint density at radius 3 is 2.67 bits per heavy atom. The number of carbonyl (C=O) groups is 1. The third-order valence-electron chi connectivity index (χ3n) is 2.86. The molecule has 0 unspecified atom stereocenters. The summed E-state index contributed by atoms with van der Waals surface area (Å²) in [4.78, 5) is 11.1. The standard InChI is InChI=1S/C13H18BrNO5S/c1-3-4-5-10(13(16)17)15-21(18,19)12-8-9(14)6-7-11(12)20-2/h6-8,10,15H,3-5H2,1-2H3,(H,16,17)/t10-/m0/s1. The van der Waals surface area contributed by atoms with E-state index in [-0.39, 0.29) is 17.1 Å². The van der Waals surface area contributed by atoms with Gasteiger partial charge in [-0.05, 0) is 24.6 Å². The minimum Gasteiger partial charge on any atom is -0.495 e. The van der Waals surface area contributed by atoms with E-state index >= 15 is 0 Å². The Balaban J connectivity index is 3.09. The van der Waals surface area contributed by atoms with Crippen molar-refractivity contribution >= 4 is 31.9 Å². The van der Waals surface area contributed by atoms with Crippen LogP contribution >= 0.6 is 15.9 Å². The molecule has 0 aliphatic rings. The van der Waals surface area contributed by atoms with Crippen LogP contribution < -0.4 is 9.46 Å². The molecule has 2 N–H and O–H groups in total. The monoisotopic (exact) mass is 379 g/mol. The molecule has 0 fully saturated rings.